The molecule has 1 saturated carbocycles. The molecule has 1 atom stereocenters. The summed E-state index contributed by atoms with van der Waals surface area (Å²) in [5.74, 6) is 1.07. The minimum Gasteiger partial charge on any atom is -0.357 e. The smallest absolute Gasteiger partial charge is 0.273 e. The number of likely N-dealkylation sites (N-methyl/N-ethyl adjacent to an activating group) is 1. The lowest BCUT2D eigenvalue weighted by Gasteiger charge is -2.35. The van der Waals surface area contributed by atoms with Gasteiger partial charge in [-0.15, -0.1) is 10.2 Å². The molecule has 0 saturated heterocycles. The molecule has 9 nitrogen and oxygen atoms in total. The zero-order valence-electron chi connectivity index (χ0n) is 15.1. The molecule has 0 radical (unpaired) electrons. The van der Waals surface area contributed by atoms with Gasteiger partial charge in [-0.2, -0.15) is 5.10 Å². The fourth-order valence-corrected chi connectivity index (χ4v) is 3.99. The number of nitrogens with zero attached hydrogens (tertiary/aromatic N) is 6. The summed E-state index contributed by atoms with van der Waals surface area (Å²) in [6.45, 7) is 2.47. The Morgan fingerprint density at radius 3 is 2.73 bits per heavy atom. The molecule has 3 heterocycles. The van der Waals surface area contributed by atoms with Gasteiger partial charge in [0.05, 0.1) is 19.1 Å². The molecule has 1 unspecified atom stereocenters. The summed E-state index contributed by atoms with van der Waals surface area (Å²) < 4.78 is 3.73. The van der Waals surface area contributed by atoms with Crippen molar-refractivity contribution >= 4 is 11.8 Å². The average molecular weight is 357 g/mol. The predicted octanol–water partition coefficient (Wildman–Crippen LogP) is 0.669. The summed E-state index contributed by atoms with van der Waals surface area (Å²) in [5.41, 5.74) is 0.537. The van der Waals surface area contributed by atoms with Crippen LogP contribution in [0.3, 0.4) is 0 Å². The van der Waals surface area contributed by atoms with Crippen molar-refractivity contribution in [2.45, 2.75) is 57.8 Å². The van der Waals surface area contributed by atoms with E-state index in [9.17, 15) is 9.59 Å². The average Bonchev–Trinajstić information content (AvgIpc) is 3.40. The Morgan fingerprint density at radius 2 is 2.00 bits per heavy atom. The first kappa shape index (κ1) is 16.7. The highest BCUT2D eigenvalue weighted by Gasteiger charge is 2.38. The molecule has 1 fully saturated rings. The first-order valence-corrected chi connectivity index (χ1v) is 9.05. The second-order valence-electron chi connectivity index (χ2n) is 6.94. The standard InChI is InChI=1S/C17H23N7O2/c1-11-20-21-15-10-23(14(9-22(11)15)16(25)18-2)17(26)13-7-8-19-24(13)12-5-3-4-6-12/h7-8,12,14H,3-6,9-10H2,1-2H3,(H,18,25). The molecule has 2 aromatic rings. The van der Waals surface area contributed by atoms with Crippen LogP contribution in [-0.2, 0) is 17.9 Å². The molecular formula is C17H23N7O2. The van der Waals surface area contributed by atoms with Gasteiger partial charge in [0, 0.05) is 13.2 Å². The Bertz CT molecular complexity index is 834. The van der Waals surface area contributed by atoms with Crippen molar-refractivity contribution in [2.75, 3.05) is 7.05 Å². The summed E-state index contributed by atoms with van der Waals surface area (Å²) in [6, 6.07) is 1.41. The number of rotatable bonds is 3. The molecule has 26 heavy (non-hydrogen) atoms. The van der Waals surface area contributed by atoms with E-state index in [0.29, 0.717) is 18.1 Å². The van der Waals surface area contributed by atoms with Crippen LogP contribution in [0.1, 0.15) is 53.9 Å². The molecular weight excluding hydrogens is 334 g/mol. The van der Waals surface area contributed by atoms with Crippen LogP contribution >= 0.6 is 0 Å². The van der Waals surface area contributed by atoms with E-state index < -0.39 is 6.04 Å². The fourth-order valence-electron chi connectivity index (χ4n) is 3.99. The Labute approximate surface area is 151 Å². The Hall–Kier alpha value is -2.71. The summed E-state index contributed by atoms with van der Waals surface area (Å²) >= 11 is 0. The van der Waals surface area contributed by atoms with Crippen LogP contribution in [0.2, 0.25) is 0 Å². The van der Waals surface area contributed by atoms with Crippen LogP contribution in [0.4, 0.5) is 0 Å². The first-order valence-electron chi connectivity index (χ1n) is 9.05. The van der Waals surface area contributed by atoms with Gasteiger partial charge in [-0.3, -0.25) is 14.3 Å². The van der Waals surface area contributed by atoms with Crippen molar-refractivity contribution in [2.24, 2.45) is 0 Å². The van der Waals surface area contributed by atoms with Crippen LogP contribution < -0.4 is 5.32 Å². The lowest BCUT2D eigenvalue weighted by molar-refractivity contribution is -0.126. The van der Waals surface area contributed by atoms with E-state index in [2.05, 4.69) is 20.6 Å². The maximum atomic E-state index is 13.3. The number of fused-ring (bicyclic) bond motifs is 1. The number of aryl methyl sites for hydroxylation is 1. The zero-order valence-corrected chi connectivity index (χ0v) is 15.1. The molecule has 0 bridgehead atoms. The van der Waals surface area contributed by atoms with Crippen LogP contribution in [0.25, 0.3) is 0 Å². The monoisotopic (exact) mass is 357 g/mol. The van der Waals surface area contributed by atoms with Crippen molar-refractivity contribution in [3.63, 3.8) is 0 Å². The molecule has 0 spiro atoms. The number of hydrogen-bond acceptors (Lipinski definition) is 5. The summed E-state index contributed by atoms with van der Waals surface area (Å²) in [4.78, 5) is 27.4. The number of aromatic nitrogens is 5. The number of nitrogens with one attached hydrogen (secondary N) is 1. The third-order valence-corrected chi connectivity index (χ3v) is 5.43. The van der Waals surface area contributed by atoms with Crippen LogP contribution in [0, 0.1) is 6.92 Å². The normalized spacial score (nSPS) is 20.2. The lowest BCUT2D eigenvalue weighted by atomic mass is 10.1. The van der Waals surface area contributed by atoms with E-state index in [-0.39, 0.29) is 24.4 Å². The summed E-state index contributed by atoms with van der Waals surface area (Å²) in [5, 5.41) is 15.3. The van der Waals surface area contributed by atoms with Gasteiger partial charge in [-0.05, 0) is 25.8 Å². The maximum absolute atomic E-state index is 13.3. The van der Waals surface area contributed by atoms with E-state index in [1.807, 2.05) is 16.2 Å². The summed E-state index contributed by atoms with van der Waals surface area (Å²) in [6.07, 6.45) is 6.05. The van der Waals surface area contributed by atoms with Gasteiger partial charge in [0.2, 0.25) is 5.91 Å². The highest BCUT2D eigenvalue weighted by Crippen LogP contribution is 2.30. The molecule has 9 heteroatoms. The number of carbonyl (C=O) groups is 2. The topological polar surface area (TPSA) is 97.9 Å². The van der Waals surface area contributed by atoms with Gasteiger partial charge in [0.1, 0.15) is 17.6 Å². The van der Waals surface area contributed by atoms with Crippen LogP contribution in [-0.4, -0.2) is 54.3 Å². The fraction of sp³-hybridized carbons (Fsp3) is 0.588. The van der Waals surface area contributed by atoms with Gasteiger partial charge < -0.3 is 14.8 Å². The molecule has 2 aromatic heterocycles. The minimum atomic E-state index is -0.596. The van der Waals surface area contributed by atoms with E-state index >= 15 is 0 Å². The van der Waals surface area contributed by atoms with Crippen molar-refractivity contribution in [1.82, 2.24) is 34.8 Å². The van der Waals surface area contributed by atoms with Crippen LogP contribution in [0.5, 0.6) is 0 Å². The van der Waals surface area contributed by atoms with E-state index in [1.165, 1.54) is 0 Å². The maximum Gasteiger partial charge on any atom is 0.273 e. The first-order chi connectivity index (χ1) is 12.6. The van der Waals surface area contributed by atoms with Crippen molar-refractivity contribution in [3.8, 4) is 0 Å². The van der Waals surface area contributed by atoms with Gasteiger partial charge >= 0.3 is 0 Å². The van der Waals surface area contributed by atoms with E-state index in [1.54, 1.807) is 24.2 Å². The molecule has 1 aliphatic heterocycles. The van der Waals surface area contributed by atoms with Crippen molar-refractivity contribution in [1.29, 1.82) is 0 Å². The van der Waals surface area contributed by atoms with Crippen molar-refractivity contribution in [3.05, 3.63) is 29.6 Å². The molecule has 0 aromatic carbocycles. The Kier molecular flexibility index (Phi) is 4.21. The second-order valence-corrected chi connectivity index (χ2v) is 6.94. The van der Waals surface area contributed by atoms with E-state index in [0.717, 1.165) is 31.5 Å². The molecule has 1 N–H and O–H groups in total. The molecule has 138 valence electrons. The summed E-state index contributed by atoms with van der Waals surface area (Å²) in [7, 11) is 1.59. The number of hydrogen-bond donors (Lipinski definition) is 1. The van der Waals surface area contributed by atoms with Gasteiger partial charge in [-0.1, -0.05) is 12.8 Å². The largest absolute Gasteiger partial charge is 0.357 e. The Morgan fingerprint density at radius 1 is 1.23 bits per heavy atom. The predicted molar refractivity (Wildman–Crippen MR) is 92.2 cm³/mol. The third-order valence-electron chi connectivity index (χ3n) is 5.43. The van der Waals surface area contributed by atoms with Gasteiger partial charge in [0.15, 0.2) is 5.82 Å². The highest BCUT2D eigenvalue weighted by atomic mass is 16.2. The van der Waals surface area contributed by atoms with E-state index in [4.69, 9.17) is 0 Å². The number of amides is 2. The molecule has 4 rings (SSSR count). The molecule has 2 amide bonds. The molecule has 2 aliphatic rings. The third kappa shape index (κ3) is 2.67. The quantitative estimate of drug-likeness (QED) is 0.871. The Balaban J connectivity index is 1.67. The number of carbonyl (C=O) groups excluding carboxylic acids is 2. The minimum absolute atomic E-state index is 0.185. The van der Waals surface area contributed by atoms with Crippen LogP contribution in [0.15, 0.2) is 12.3 Å². The second kappa shape index (κ2) is 6.54. The van der Waals surface area contributed by atoms with Gasteiger partial charge in [-0.25, -0.2) is 0 Å². The van der Waals surface area contributed by atoms with Gasteiger partial charge in [0.25, 0.3) is 5.91 Å². The zero-order chi connectivity index (χ0) is 18.3. The van der Waals surface area contributed by atoms with Crippen molar-refractivity contribution < 1.29 is 9.59 Å². The lowest BCUT2D eigenvalue weighted by Crippen LogP contribution is -2.54. The SMILES string of the molecule is CNC(=O)C1Cn2c(C)nnc2CN1C(=O)c1ccnn1C1CCCC1. The highest BCUT2D eigenvalue weighted by molar-refractivity contribution is 5.96. The molecule has 1 aliphatic carbocycles.